The van der Waals surface area contributed by atoms with Gasteiger partial charge in [0.05, 0.1) is 18.7 Å². The first-order chi connectivity index (χ1) is 7.53. The molecule has 1 fully saturated rings. The van der Waals surface area contributed by atoms with E-state index in [1.807, 2.05) is 21.0 Å². The minimum atomic E-state index is -0.867. The molecule has 0 radical (unpaired) electrons. The number of methoxy groups -OCH3 is 1. The van der Waals surface area contributed by atoms with Crippen molar-refractivity contribution in [1.29, 1.82) is 0 Å². The zero-order valence-electron chi connectivity index (χ0n) is 10.2. The summed E-state index contributed by atoms with van der Waals surface area (Å²) in [5.41, 5.74) is 0.0231. The second-order valence-electron chi connectivity index (χ2n) is 4.75. The van der Waals surface area contributed by atoms with Gasteiger partial charge in [-0.1, -0.05) is 5.16 Å². The minimum absolute atomic E-state index is 0.0231. The molecule has 2 aliphatic rings. The smallest absolute Gasteiger partial charge is 0.353 e. The van der Waals surface area contributed by atoms with Crippen molar-refractivity contribution >= 4 is 11.7 Å². The summed E-state index contributed by atoms with van der Waals surface area (Å²) in [5, 5.41) is 3.98. The number of carbonyl (C=O) groups excluding carboxylic acids is 1. The number of esters is 1. The Hall–Kier alpha value is -1.10. The quantitative estimate of drug-likeness (QED) is 0.648. The molecule has 0 aromatic rings. The van der Waals surface area contributed by atoms with E-state index in [0.717, 1.165) is 12.1 Å². The predicted octanol–water partition coefficient (Wildman–Crippen LogP) is 0.644. The maximum absolute atomic E-state index is 11.9. The molecule has 90 valence electrons. The summed E-state index contributed by atoms with van der Waals surface area (Å²) in [6, 6.07) is 0.297. The normalized spacial score (nSPS) is 36.9. The van der Waals surface area contributed by atoms with Crippen LogP contribution in [0.5, 0.6) is 0 Å². The lowest BCUT2D eigenvalue weighted by molar-refractivity contribution is -0.169. The fraction of sp³-hybridized carbons (Fsp3) is 0.818. The van der Waals surface area contributed by atoms with Crippen LogP contribution in [0.1, 0.15) is 19.8 Å². The molecular weight excluding hydrogens is 208 g/mol. The topological polar surface area (TPSA) is 51.1 Å². The Bertz CT molecular complexity index is 340. The van der Waals surface area contributed by atoms with Gasteiger partial charge in [0.1, 0.15) is 0 Å². The van der Waals surface area contributed by atoms with E-state index in [9.17, 15) is 4.79 Å². The second kappa shape index (κ2) is 3.73. The lowest BCUT2D eigenvalue weighted by atomic mass is 9.86. The van der Waals surface area contributed by atoms with E-state index >= 15 is 0 Å². The van der Waals surface area contributed by atoms with E-state index in [1.54, 1.807) is 0 Å². The maximum Gasteiger partial charge on any atom is 0.353 e. The summed E-state index contributed by atoms with van der Waals surface area (Å²) in [4.78, 5) is 19.4. The van der Waals surface area contributed by atoms with E-state index in [0.29, 0.717) is 12.5 Å². The van der Waals surface area contributed by atoms with Gasteiger partial charge in [-0.15, -0.1) is 0 Å². The van der Waals surface area contributed by atoms with Gasteiger partial charge in [0, 0.05) is 12.5 Å². The number of rotatable bonds is 2. The van der Waals surface area contributed by atoms with Gasteiger partial charge in [-0.3, -0.25) is 0 Å². The SMILES string of the molecule is COC(=O)C12CCC(N(C)C)C1C(C)=NO2. The van der Waals surface area contributed by atoms with Gasteiger partial charge in [-0.2, -0.15) is 0 Å². The van der Waals surface area contributed by atoms with Gasteiger partial charge < -0.3 is 14.5 Å². The molecule has 0 aromatic heterocycles. The maximum atomic E-state index is 11.9. The lowest BCUT2D eigenvalue weighted by Crippen LogP contribution is -2.48. The van der Waals surface area contributed by atoms with Crippen LogP contribution in [-0.4, -0.2) is 49.4 Å². The van der Waals surface area contributed by atoms with Crippen LogP contribution in [0.2, 0.25) is 0 Å². The highest BCUT2D eigenvalue weighted by molar-refractivity contribution is 5.95. The van der Waals surface area contributed by atoms with Crippen molar-refractivity contribution in [2.24, 2.45) is 11.1 Å². The molecule has 0 bridgehead atoms. The Labute approximate surface area is 95.4 Å². The molecular formula is C11H18N2O3. The molecule has 3 unspecified atom stereocenters. The van der Waals surface area contributed by atoms with E-state index in [4.69, 9.17) is 9.57 Å². The molecule has 1 aliphatic heterocycles. The lowest BCUT2D eigenvalue weighted by Gasteiger charge is -2.28. The predicted molar refractivity (Wildman–Crippen MR) is 59.1 cm³/mol. The largest absolute Gasteiger partial charge is 0.466 e. The van der Waals surface area contributed by atoms with Crippen molar-refractivity contribution in [3.8, 4) is 0 Å². The molecule has 2 rings (SSSR count). The Morgan fingerprint density at radius 1 is 1.62 bits per heavy atom. The van der Waals surface area contributed by atoms with E-state index < -0.39 is 5.60 Å². The number of nitrogens with zero attached hydrogens (tertiary/aromatic N) is 2. The molecule has 1 aliphatic carbocycles. The summed E-state index contributed by atoms with van der Waals surface area (Å²) in [5.74, 6) is -0.280. The monoisotopic (exact) mass is 226 g/mol. The average Bonchev–Trinajstić information content (AvgIpc) is 2.77. The van der Waals surface area contributed by atoms with Gasteiger partial charge in [0.25, 0.3) is 0 Å². The zero-order chi connectivity index (χ0) is 11.9. The summed E-state index contributed by atoms with van der Waals surface area (Å²) in [6.45, 7) is 1.91. The Morgan fingerprint density at radius 2 is 2.31 bits per heavy atom. The molecule has 16 heavy (non-hydrogen) atoms. The molecule has 0 aromatic carbocycles. The summed E-state index contributed by atoms with van der Waals surface area (Å²) < 4.78 is 4.86. The van der Waals surface area contributed by atoms with Crippen molar-refractivity contribution < 1.29 is 14.4 Å². The third-order valence-electron chi connectivity index (χ3n) is 3.70. The van der Waals surface area contributed by atoms with E-state index in [1.165, 1.54) is 7.11 Å². The van der Waals surface area contributed by atoms with Gasteiger partial charge in [0.15, 0.2) is 0 Å². The summed E-state index contributed by atoms with van der Waals surface area (Å²) in [7, 11) is 5.43. The van der Waals surface area contributed by atoms with Gasteiger partial charge in [-0.25, -0.2) is 4.79 Å². The van der Waals surface area contributed by atoms with Crippen molar-refractivity contribution in [3.63, 3.8) is 0 Å². The van der Waals surface area contributed by atoms with Crippen molar-refractivity contribution in [2.75, 3.05) is 21.2 Å². The molecule has 0 spiro atoms. The van der Waals surface area contributed by atoms with E-state index in [-0.39, 0.29) is 11.9 Å². The zero-order valence-corrected chi connectivity index (χ0v) is 10.2. The summed E-state index contributed by atoms with van der Waals surface area (Å²) in [6.07, 6.45) is 1.60. The molecule has 3 atom stereocenters. The molecule has 0 N–H and O–H groups in total. The van der Waals surface area contributed by atoms with Crippen LogP contribution >= 0.6 is 0 Å². The fourth-order valence-electron chi connectivity index (χ4n) is 2.92. The summed E-state index contributed by atoms with van der Waals surface area (Å²) >= 11 is 0. The highest BCUT2D eigenvalue weighted by Gasteiger charge is 2.62. The first-order valence-electron chi connectivity index (χ1n) is 5.50. The van der Waals surface area contributed by atoms with Crippen LogP contribution < -0.4 is 0 Å². The van der Waals surface area contributed by atoms with Gasteiger partial charge in [0.2, 0.25) is 5.60 Å². The highest BCUT2D eigenvalue weighted by atomic mass is 16.7. The Balaban J connectivity index is 2.33. The number of ether oxygens (including phenoxy) is 1. The molecule has 5 nitrogen and oxygen atoms in total. The van der Waals surface area contributed by atoms with E-state index in [2.05, 4.69) is 10.1 Å². The first kappa shape index (κ1) is 11.4. The highest BCUT2D eigenvalue weighted by Crippen LogP contribution is 2.46. The van der Waals surface area contributed by atoms with Crippen LogP contribution in [0.3, 0.4) is 0 Å². The molecule has 5 heteroatoms. The standard InChI is InChI=1S/C11H18N2O3/c1-7-9-8(13(2)3)5-6-11(9,16-12-7)10(14)15-4/h8-9H,5-6H2,1-4H3. The Kier molecular flexibility index (Phi) is 2.66. The Morgan fingerprint density at radius 3 is 2.88 bits per heavy atom. The molecule has 1 heterocycles. The van der Waals surface area contributed by atoms with Gasteiger partial charge in [-0.05, 0) is 27.4 Å². The minimum Gasteiger partial charge on any atom is -0.466 e. The number of carbonyl (C=O) groups is 1. The van der Waals surface area contributed by atoms with Crippen molar-refractivity contribution in [3.05, 3.63) is 0 Å². The van der Waals surface area contributed by atoms with Crippen LogP contribution in [0, 0.1) is 5.92 Å². The fourth-order valence-corrected chi connectivity index (χ4v) is 2.92. The van der Waals surface area contributed by atoms with Crippen molar-refractivity contribution in [1.82, 2.24) is 4.90 Å². The average molecular weight is 226 g/mol. The number of hydrogen-bond acceptors (Lipinski definition) is 5. The number of oxime groups is 1. The number of hydrogen-bond donors (Lipinski definition) is 0. The first-order valence-corrected chi connectivity index (χ1v) is 5.50. The molecule has 0 amide bonds. The molecule has 1 saturated carbocycles. The third kappa shape index (κ3) is 1.34. The second-order valence-corrected chi connectivity index (χ2v) is 4.75. The number of fused-ring (bicyclic) bond motifs is 1. The van der Waals surface area contributed by atoms with Crippen LogP contribution in [-0.2, 0) is 14.4 Å². The third-order valence-corrected chi connectivity index (χ3v) is 3.70. The van der Waals surface area contributed by atoms with Crippen molar-refractivity contribution in [2.45, 2.75) is 31.4 Å². The van der Waals surface area contributed by atoms with Crippen LogP contribution in [0.15, 0.2) is 5.16 Å². The van der Waals surface area contributed by atoms with Gasteiger partial charge >= 0.3 is 5.97 Å². The van der Waals surface area contributed by atoms with Crippen LogP contribution in [0.25, 0.3) is 0 Å². The molecule has 0 saturated heterocycles. The van der Waals surface area contributed by atoms with Crippen LogP contribution in [0.4, 0.5) is 0 Å².